The summed E-state index contributed by atoms with van der Waals surface area (Å²) in [4.78, 5) is 15.4. The van der Waals surface area contributed by atoms with Gasteiger partial charge in [0, 0.05) is 4.90 Å². The predicted molar refractivity (Wildman–Crippen MR) is 74.0 cm³/mol. The molecule has 2 rings (SSSR count). The number of carbonyl (C=O) groups excluding carboxylic acids is 1. The largest absolute Gasteiger partial charge is 0.277 e. The molecule has 0 spiro atoms. The van der Waals surface area contributed by atoms with Crippen LogP contribution in [0.3, 0.4) is 0 Å². The normalized spacial score (nSPS) is 10.2. The molecule has 0 saturated heterocycles. The quantitative estimate of drug-likeness (QED) is 0.666. The maximum absolute atomic E-state index is 13.7. The Balaban J connectivity index is 1.93. The van der Waals surface area contributed by atoms with Crippen LogP contribution in [0.15, 0.2) is 53.4 Å². The highest BCUT2D eigenvalue weighted by Gasteiger charge is 2.12. The third-order valence-corrected chi connectivity index (χ3v) is 3.23. The Morgan fingerprint density at radius 2 is 1.84 bits per heavy atom. The smallest absolute Gasteiger partial charge is 0.269 e. The van der Waals surface area contributed by atoms with Crippen molar-refractivity contribution in [3.63, 3.8) is 0 Å². The minimum absolute atomic E-state index is 0.0289. The fourth-order valence-electron chi connectivity index (χ4n) is 1.51. The topological polar surface area (TPSA) is 41.1 Å². The van der Waals surface area contributed by atoms with E-state index >= 15 is 0 Å². The highest BCUT2D eigenvalue weighted by Crippen LogP contribution is 2.13. The van der Waals surface area contributed by atoms with E-state index in [2.05, 4.69) is 10.3 Å². The lowest BCUT2D eigenvalue weighted by molar-refractivity contribution is 0.0943. The molecular formula is C14H13FN2OS. The number of amides is 1. The number of hydrogen-bond donors (Lipinski definition) is 2. The molecule has 0 aliphatic heterocycles. The molecule has 19 heavy (non-hydrogen) atoms. The van der Waals surface area contributed by atoms with Gasteiger partial charge in [-0.25, -0.2) is 4.39 Å². The van der Waals surface area contributed by atoms with Crippen molar-refractivity contribution in [3.8, 4) is 0 Å². The van der Waals surface area contributed by atoms with E-state index in [-0.39, 0.29) is 5.56 Å². The summed E-state index contributed by atoms with van der Waals surface area (Å²) in [6, 6.07) is 14.2. The molecule has 2 N–H and O–H groups in total. The van der Waals surface area contributed by atoms with Crippen molar-refractivity contribution in [2.75, 3.05) is 0 Å². The van der Waals surface area contributed by atoms with Gasteiger partial charge in [0.1, 0.15) is 5.82 Å². The Kier molecular flexibility index (Phi) is 4.54. The van der Waals surface area contributed by atoms with Gasteiger partial charge in [-0.15, -0.1) is 0 Å². The van der Waals surface area contributed by atoms with E-state index in [9.17, 15) is 9.18 Å². The minimum Gasteiger partial charge on any atom is -0.277 e. The fourth-order valence-corrected chi connectivity index (χ4v) is 2.06. The molecule has 2 aromatic carbocycles. The SMILES string of the molecule is Cc1cccc(C(=O)NNSc2ccccc2)c1F. The molecule has 3 nitrogen and oxygen atoms in total. The molecule has 1 amide bonds. The Morgan fingerprint density at radius 3 is 2.58 bits per heavy atom. The summed E-state index contributed by atoms with van der Waals surface area (Å²) in [6.45, 7) is 1.62. The summed E-state index contributed by atoms with van der Waals surface area (Å²) in [6.07, 6.45) is 0. The highest BCUT2D eigenvalue weighted by atomic mass is 32.2. The number of benzene rings is 2. The first-order valence-electron chi connectivity index (χ1n) is 5.71. The van der Waals surface area contributed by atoms with Crippen LogP contribution in [0.5, 0.6) is 0 Å². The molecule has 0 radical (unpaired) electrons. The van der Waals surface area contributed by atoms with Crippen molar-refractivity contribution in [3.05, 3.63) is 65.5 Å². The molecule has 98 valence electrons. The summed E-state index contributed by atoms with van der Waals surface area (Å²) in [7, 11) is 0. The van der Waals surface area contributed by atoms with Crippen LogP contribution in [-0.2, 0) is 0 Å². The van der Waals surface area contributed by atoms with Gasteiger partial charge in [-0.05, 0) is 42.6 Å². The van der Waals surface area contributed by atoms with Crippen LogP contribution in [0.1, 0.15) is 15.9 Å². The summed E-state index contributed by atoms with van der Waals surface area (Å²) in [5.41, 5.74) is 2.93. The van der Waals surface area contributed by atoms with Crippen molar-refractivity contribution in [1.82, 2.24) is 10.3 Å². The zero-order chi connectivity index (χ0) is 13.7. The molecule has 0 heterocycles. The van der Waals surface area contributed by atoms with E-state index in [1.54, 1.807) is 19.1 Å². The van der Waals surface area contributed by atoms with Gasteiger partial charge >= 0.3 is 0 Å². The lowest BCUT2D eigenvalue weighted by atomic mass is 10.1. The predicted octanol–water partition coefficient (Wildman–Crippen LogP) is 3.08. The Hall–Kier alpha value is -1.85. The van der Waals surface area contributed by atoms with Crippen LogP contribution in [0, 0.1) is 12.7 Å². The maximum atomic E-state index is 13.7. The second kappa shape index (κ2) is 6.36. The van der Waals surface area contributed by atoms with Crippen LogP contribution < -0.4 is 10.3 Å². The highest BCUT2D eigenvalue weighted by molar-refractivity contribution is 7.97. The molecule has 0 saturated carbocycles. The van der Waals surface area contributed by atoms with Crippen molar-refractivity contribution < 1.29 is 9.18 Å². The van der Waals surface area contributed by atoms with Gasteiger partial charge in [0.05, 0.1) is 5.56 Å². The third-order valence-electron chi connectivity index (χ3n) is 2.51. The van der Waals surface area contributed by atoms with E-state index in [0.717, 1.165) is 4.90 Å². The van der Waals surface area contributed by atoms with Gasteiger partial charge in [-0.2, -0.15) is 4.83 Å². The zero-order valence-electron chi connectivity index (χ0n) is 10.3. The molecular weight excluding hydrogens is 263 g/mol. The van der Waals surface area contributed by atoms with Gasteiger partial charge in [0.25, 0.3) is 5.91 Å². The van der Waals surface area contributed by atoms with Crippen LogP contribution in [0.25, 0.3) is 0 Å². The zero-order valence-corrected chi connectivity index (χ0v) is 11.1. The number of halogens is 1. The van der Waals surface area contributed by atoms with Crippen LogP contribution in [0.2, 0.25) is 0 Å². The molecule has 0 fully saturated rings. The standard InChI is InChI=1S/C14H13FN2OS/c1-10-6-5-9-12(13(10)15)14(18)16-17-19-11-7-3-2-4-8-11/h2-9,17H,1H3,(H,16,18). The molecule has 0 unspecified atom stereocenters. The number of nitrogens with one attached hydrogen (secondary N) is 2. The second-order valence-corrected chi connectivity index (χ2v) is 4.79. The monoisotopic (exact) mass is 276 g/mol. The Morgan fingerprint density at radius 1 is 1.11 bits per heavy atom. The van der Waals surface area contributed by atoms with Crippen LogP contribution >= 0.6 is 11.9 Å². The number of rotatable bonds is 4. The first-order valence-corrected chi connectivity index (χ1v) is 6.52. The summed E-state index contributed by atoms with van der Waals surface area (Å²) in [5.74, 6) is -0.990. The average molecular weight is 276 g/mol. The number of carbonyl (C=O) groups is 1. The second-order valence-electron chi connectivity index (χ2n) is 3.91. The van der Waals surface area contributed by atoms with Gasteiger partial charge in [-0.3, -0.25) is 10.2 Å². The molecule has 0 aromatic heterocycles. The Bertz CT molecular complexity index is 575. The van der Waals surface area contributed by atoms with E-state index < -0.39 is 11.7 Å². The van der Waals surface area contributed by atoms with Gasteiger partial charge in [-0.1, -0.05) is 30.3 Å². The summed E-state index contributed by atoms with van der Waals surface area (Å²) >= 11 is 1.25. The van der Waals surface area contributed by atoms with E-state index in [4.69, 9.17) is 0 Å². The van der Waals surface area contributed by atoms with Crippen molar-refractivity contribution in [2.24, 2.45) is 0 Å². The molecule has 0 aliphatic rings. The van der Waals surface area contributed by atoms with Crippen molar-refractivity contribution in [2.45, 2.75) is 11.8 Å². The third kappa shape index (κ3) is 3.56. The van der Waals surface area contributed by atoms with Crippen LogP contribution in [0.4, 0.5) is 4.39 Å². The summed E-state index contributed by atoms with van der Waals surface area (Å²) in [5, 5.41) is 0. The number of hydrogen-bond acceptors (Lipinski definition) is 3. The molecule has 0 bridgehead atoms. The molecule has 2 aromatic rings. The molecule has 0 aliphatic carbocycles. The first-order chi connectivity index (χ1) is 9.18. The number of aryl methyl sites for hydroxylation is 1. The van der Waals surface area contributed by atoms with Gasteiger partial charge in [0.2, 0.25) is 0 Å². The summed E-state index contributed by atoms with van der Waals surface area (Å²) < 4.78 is 13.7. The van der Waals surface area contributed by atoms with Gasteiger partial charge < -0.3 is 0 Å². The number of hydrazine groups is 1. The minimum atomic E-state index is -0.496. The lowest BCUT2D eigenvalue weighted by Crippen LogP contribution is -2.33. The van der Waals surface area contributed by atoms with E-state index in [0.29, 0.717) is 5.56 Å². The molecule has 0 atom stereocenters. The van der Waals surface area contributed by atoms with E-state index in [1.807, 2.05) is 30.3 Å². The Labute approximate surface area is 115 Å². The maximum Gasteiger partial charge on any atom is 0.269 e. The van der Waals surface area contributed by atoms with Crippen LogP contribution in [-0.4, -0.2) is 5.91 Å². The van der Waals surface area contributed by atoms with E-state index in [1.165, 1.54) is 18.0 Å². The average Bonchev–Trinajstić information content (AvgIpc) is 2.43. The molecule has 5 heteroatoms. The first kappa shape index (κ1) is 13.6. The van der Waals surface area contributed by atoms with Gasteiger partial charge in [0.15, 0.2) is 0 Å². The fraction of sp³-hybridized carbons (Fsp3) is 0.0714. The van der Waals surface area contributed by atoms with Crippen molar-refractivity contribution in [1.29, 1.82) is 0 Å². The lowest BCUT2D eigenvalue weighted by Gasteiger charge is -2.08. The van der Waals surface area contributed by atoms with Crippen molar-refractivity contribution >= 4 is 17.9 Å².